The van der Waals surface area contributed by atoms with E-state index in [4.69, 9.17) is 0 Å². The van der Waals surface area contributed by atoms with E-state index >= 15 is 0 Å². The third-order valence-corrected chi connectivity index (χ3v) is 4.49. The molecule has 3 aromatic rings. The molecule has 0 saturated carbocycles. The SMILES string of the molecule is Cc1nn(Cc2ccccc2F)c(C)c1NC(=O)Cn1nc(C(F)(F)F)cc1C. The third-order valence-electron chi connectivity index (χ3n) is 4.49. The van der Waals surface area contributed by atoms with Crippen LogP contribution in [0.25, 0.3) is 0 Å². The Morgan fingerprint density at radius 2 is 1.79 bits per heavy atom. The molecule has 3 rings (SSSR count). The summed E-state index contributed by atoms with van der Waals surface area (Å²) in [6, 6.07) is 7.19. The van der Waals surface area contributed by atoms with Crippen molar-refractivity contribution in [2.75, 3.05) is 5.32 Å². The standard InChI is InChI=1S/C19H19F4N5O/c1-11-8-16(19(21,22)23)26-27(11)10-17(29)24-18-12(2)25-28(13(18)3)9-14-6-4-5-7-15(14)20/h4-8H,9-10H2,1-3H3,(H,24,29). The van der Waals surface area contributed by atoms with Crippen LogP contribution in [-0.2, 0) is 24.1 Å². The molecule has 1 N–H and O–H groups in total. The van der Waals surface area contributed by atoms with Crippen LogP contribution in [-0.4, -0.2) is 25.5 Å². The molecule has 6 nitrogen and oxygen atoms in total. The Balaban J connectivity index is 1.75. The third kappa shape index (κ3) is 4.47. The molecule has 2 heterocycles. The van der Waals surface area contributed by atoms with Gasteiger partial charge in [0.15, 0.2) is 5.69 Å². The number of aryl methyl sites for hydroxylation is 2. The van der Waals surface area contributed by atoms with Crippen molar-refractivity contribution in [2.24, 2.45) is 0 Å². The average molecular weight is 409 g/mol. The number of carbonyl (C=O) groups is 1. The Bertz CT molecular complexity index is 1050. The zero-order valence-electron chi connectivity index (χ0n) is 16.0. The van der Waals surface area contributed by atoms with E-state index in [-0.39, 0.29) is 24.6 Å². The van der Waals surface area contributed by atoms with E-state index in [0.717, 1.165) is 10.7 Å². The van der Waals surface area contributed by atoms with Crippen molar-refractivity contribution in [2.45, 2.75) is 40.0 Å². The Morgan fingerprint density at radius 3 is 2.41 bits per heavy atom. The van der Waals surface area contributed by atoms with Crippen LogP contribution in [0.4, 0.5) is 23.2 Å². The van der Waals surface area contributed by atoms with Gasteiger partial charge in [0.1, 0.15) is 12.4 Å². The van der Waals surface area contributed by atoms with Gasteiger partial charge in [-0.15, -0.1) is 0 Å². The molecule has 0 fully saturated rings. The largest absolute Gasteiger partial charge is 0.435 e. The lowest BCUT2D eigenvalue weighted by atomic mass is 10.2. The second kappa shape index (κ2) is 7.69. The van der Waals surface area contributed by atoms with Crippen molar-refractivity contribution in [3.63, 3.8) is 0 Å². The molecule has 1 aromatic carbocycles. The van der Waals surface area contributed by atoms with Crippen LogP contribution in [0.3, 0.4) is 0 Å². The molecule has 1 amide bonds. The summed E-state index contributed by atoms with van der Waals surface area (Å²) in [5.74, 6) is -0.901. The zero-order valence-corrected chi connectivity index (χ0v) is 16.0. The Kier molecular flexibility index (Phi) is 5.45. The fraction of sp³-hybridized carbons (Fsp3) is 0.316. The number of nitrogens with one attached hydrogen (secondary N) is 1. The van der Waals surface area contributed by atoms with Crippen LogP contribution in [0, 0.1) is 26.6 Å². The predicted octanol–water partition coefficient (Wildman–Crippen LogP) is 3.85. The maximum atomic E-state index is 13.9. The minimum absolute atomic E-state index is 0.183. The van der Waals surface area contributed by atoms with Gasteiger partial charge >= 0.3 is 6.18 Å². The van der Waals surface area contributed by atoms with Gasteiger partial charge in [0.2, 0.25) is 5.91 Å². The van der Waals surface area contributed by atoms with Crippen LogP contribution < -0.4 is 5.32 Å². The monoisotopic (exact) mass is 409 g/mol. The summed E-state index contributed by atoms with van der Waals surface area (Å²) in [5.41, 5.74) is 1.17. The maximum Gasteiger partial charge on any atom is 0.435 e. The van der Waals surface area contributed by atoms with Gasteiger partial charge in [-0.3, -0.25) is 14.2 Å². The lowest BCUT2D eigenvalue weighted by Gasteiger charge is -2.09. The van der Waals surface area contributed by atoms with Gasteiger partial charge in [-0.05, 0) is 32.9 Å². The summed E-state index contributed by atoms with van der Waals surface area (Å²) in [6.45, 7) is 4.65. The van der Waals surface area contributed by atoms with Crippen molar-refractivity contribution in [3.8, 4) is 0 Å². The van der Waals surface area contributed by atoms with E-state index in [1.165, 1.54) is 13.0 Å². The molecule has 0 aliphatic carbocycles. The quantitative estimate of drug-likeness (QED) is 0.651. The number of hydrogen-bond acceptors (Lipinski definition) is 3. The highest BCUT2D eigenvalue weighted by atomic mass is 19.4. The first-order valence-corrected chi connectivity index (χ1v) is 8.75. The van der Waals surface area contributed by atoms with E-state index in [2.05, 4.69) is 15.5 Å². The number of rotatable bonds is 5. The van der Waals surface area contributed by atoms with E-state index < -0.39 is 17.8 Å². The number of halogens is 4. The Labute approximate surface area is 164 Å². The van der Waals surface area contributed by atoms with Crippen molar-refractivity contribution in [1.29, 1.82) is 0 Å². The molecular weight excluding hydrogens is 390 g/mol. The lowest BCUT2D eigenvalue weighted by Crippen LogP contribution is -2.21. The van der Waals surface area contributed by atoms with Crippen molar-refractivity contribution in [3.05, 3.63) is 64.5 Å². The fourth-order valence-electron chi connectivity index (χ4n) is 2.94. The van der Waals surface area contributed by atoms with Crippen LogP contribution >= 0.6 is 0 Å². The summed E-state index contributed by atoms with van der Waals surface area (Å²) >= 11 is 0. The van der Waals surface area contributed by atoms with Gasteiger partial charge in [-0.2, -0.15) is 23.4 Å². The molecule has 10 heteroatoms. The van der Waals surface area contributed by atoms with E-state index in [1.807, 2.05) is 0 Å². The van der Waals surface area contributed by atoms with Gasteiger partial charge in [-0.25, -0.2) is 4.39 Å². The molecule has 0 aliphatic heterocycles. The molecule has 0 spiro atoms. The predicted molar refractivity (Wildman–Crippen MR) is 97.8 cm³/mol. The first-order valence-electron chi connectivity index (χ1n) is 8.75. The van der Waals surface area contributed by atoms with Crippen LogP contribution in [0.15, 0.2) is 30.3 Å². The molecule has 0 aliphatic rings. The van der Waals surface area contributed by atoms with Gasteiger partial charge in [-0.1, -0.05) is 18.2 Å². The number of benzene rings is 1. The second-order valence-electron chi connectivity index (χ2n) is 6.67. The van der Waals surface area contributed by atoms with E-state index in [1.54, 1.807) is 36.7 Å². The normalized spacial score (nSPS) is 11.7. The number of nitrogens with zero attached hydrogens (tertiary/aromatic N) is 4. The van der Waals surface area contributed by atoms with Crippen molar-refractivity contribution >= 4 is 11.6 Å². The number of aromatic nitrogens is 4. The van der Waals surface area contributed by atoms with E-state index in [9.17, 15) is 22.4 Å². The minimum atomic E-state index is -4.58. The molecule has 2 aromatic heterocycles. The highest BCUT2D eigenvalue weighted by Crippen LogP contribution is 2.28. The summed E-state index contributed by atoms with van der Waals surface area (Å²) < 4.78 is 54.7. The van der Waals surface area contributed by atoms with Crippen molar-refractivity contribution in [1.82, 2.24) is 19.6 Å². The number of carbonyl (C=O) groups excluding carboxylic acids is 1. The first kappa shape index (κ1) is 20.6. The summed E-state index contributed by atoms with van der Waals surface area (Å²) in [4.78, 5) is 12.4. The van der Waals surface area contributed by atoms with E-state index in [0.29, 0.717) is 22.6 Å². The lowest BCUT2D eigenvalue weighted by molar-refractivity contribution is -0.141. The van der Waals surface area contributed by atoms with Crippen LogP contribution in [0.1, 0.15) is 28.3 Å². The average Bonchev–Trinajstić information content (AvgIpc) is 3.12. The Hall–Kier alpha value is -3.17. The molecule has 0 bridgehead atoms. The number of hydrogen-bond donors (Lipinski definition) is 1. The molecular formula is C19H19F4N5O. The second-order valence-corrected chi connectivity index (χ2v) is 6.67. The summed E-state index contributed by atoms with van der Waals surface area (Å²) in [7, 11) is 0. The Morgan fingerprint density at radius 1 is 1.10 bits per heavy atom. The molecule has 0 unspecified atom stereocenters. The molecule has 0 atom stereocenters. The topological polar surface area (TPSA) is 64.7 Å². The van der Waals surface area contributed by atoms with Crippen LogP contribution in [0.5, 0.6) is 0 Å². The first-order chi connectivity index (χ1) is 13.6. The number of amides is 1. The zero-order chi connectivity index (χ0) is 21.3. The van der Waals surface area contributed by atoms with Gasteiger partial charge in [0, 0.05) is 11.3 Å². The molecule has 29 heavy (non-hydrogen) atoms. The minimum Gasteiger partial charge on any atom is -0.321 e. The molecule has 154 valence electrons. The number of anilines is 1. The maximum absolute atomic E-state index is 13.9. The van der Waals surface area contributed by atoms with Crippen LogP contribution in [0.2, 0.25) is 0 Å². The highest BCUT2D eigenvalue weighted by Gasteiger charge is 2.34. The summed E-state index contributed by atoms with van der Waals surface area (Å²) in [6.07, 6.45) is -4.58. The van der Waals surface area contributed by atoms with Crippen molar-refractivity contribution < 1.29 is 22.4 Å². The van der Waals surface area contributed by atoms with Gasteiger partial charge in [0.05, 0.1) is 23.6 Å². The molecule has 0 radical (unpaired) electrons. The molecule has 0 saturated heterocycles. The number of alkyl halides is 3. The van der Waals surface area contributed by atoms with Gasteiger partial charge in [0.25, 0.3) is 0 Å². The fourth-order valence-corrected chi connectivity index (χ4v) is 2.94. The highest BCUT2D eigenvalue weighted by molar-refractivity contribution is 5.91. The summed E-state index contributed by atoms with van der Waals surface area (Å²) in [5, 5.41) is 10.4. The smallest absolute Gasteiger partial charge is 0.321 e. The van der Waals surface area contributed by atoms with Gasteiger partial charge < -0.3 is 5.32 Å².